The number of nitrogens with zero attached hydrogens (tertiary/aromatic N) is 1. The molecular weight excluding hydrogens is 234 g/mol. The van der Waals surface area contributed by atoms with Crippen LogP contribution in [0.2, 0.25) is 0 Å². The number of hydrogen-bond acceptors (Lipinski definition) is 4. The second kappa shape index (κ2) is 4.22. The third kappa shape index (κ3) is 2.80. The molecule has 1 aromatic heterocycles. The van der Waals surface area contributed by atoms with Gasteiger partial charge < -0.3 is 0 Å². The van der Waals surface area contributed by atoms with E-state index in [1.54, 1.807) is 0 Å². The molecular formula is C8H13N3O4S. The summed E-state index contributed by atoms with van der Waals surface area (Å²) < 4.78 is 23.2. The number of hydrogen-bond donors (Lipinski definition) is 2. The Morgan fingerprint density at radius 1 is 1.44 bits per heavy atom. The second-order valence-electron chi connectivity index (χ2n) is 3.84. The predicted molar refractivity (Wildman–Crippen MR) is 57.5 cm³/mol. The zero-order valence-electron chi connectivity index (χ0n) is 8.93. The van der Waals surface area contributed by atoms with Crippen LogP contribution in [0, 0.1) is 5.92 Å². The normalized spacial score (nSPS) is 12.0. The largest absolute Gasteiger partial charge is 0.328 e. The molecule has 7 nitrogen and oxygen atoms in total. The Kier molecular flexibility index (Phi) is 3.34. The molecule has 3 N–H and O–H groups in total. The molecule has 0 aliphatic heterocycles. The number of rotatable bonds is 3. The first-order chi connectivity index (χ1) is 7.21. The topological polar surface area (TPSA) is 115 Å². The van der Waals surface area contributed by atoms with Crippen molar-refractivity contribution in [2.45, 2.75) is 25.3 Å². The molecule has 0 bridgehead atoms. The number of H-pyrrole nitrogens is 1. The third-order valence-corrected chi connectivity index (χ3v) is 2.75. The lowest BCUT2D eigenvalue weighted by Crippen LogP contribution is -2.35. The van der Waals surface area contributed by atoms with Crippen molar-refractivity contribution in [2.75, 3.05) is 0 Å². The van der Waals surface area contributed by atoms with Crippen molar-refractivity contribution >= 4 is 10.0 Å². The summed E-state index contributed by atoms with van der Waals surface area (Å²) in [5.41, 5.74) is -1.64. The molecule has 90 valence electrons. The molecule has 0 unspecified atom stereocenters. The number of primary sulfonamides is 1. The van der Waals surface area contributed by atoms with E-state index in [-0.39, 0.29) is 5.92 Å². The van der Waals surface area contributed by atoms with Crippen molar-refractivity contribution in [1.82, 2.24) is 9.55 Å². The van der Waals surface area contributed by atoms with Gasteiger partial charge in [0.1, 0.15) is 0 Å². The predicted octanol–water partition coefficient (Wildman–Crippen LogP) is -1.16. The number of aromatic nitrogens is 2. The van der Waals surface area contributed by atoms with E-state index in [4.69, 9.17) is 5.14 Å². The van der Waals surface area contributed by atoms with Crippen LogP contribution in [-0.2, 0) is 16.6 Å². The van der Waals surface area contributed by atoms with Gasteiger partial charge in [-0.15, -0.1) is 0 Å². The van der Waals surface area contributed by atoms with Gasteiger partial charge in [0.25, 0.3) is 5.56 Å². The standard InChI is InChI=1S/C8H13N3O4S/c1-5(2)3-11-4-6(16(9,14)15)7(12)10-8(11)13/h4-5H,3H2,1-2H3,(H2,9,14,15)(H,10,12,13). The summed E-state index contributed by atoms with van der Waals surface area (Å²) in [6.07, 6.45) is 0.969. The van der Waals surface area contributed by atoms with Crippen LogP contribution >= 0.6 is 0 Å². The first-order valence-corrected chi connectivity index (χ1v) is 6.13. The van der Waals surface area contributed by atoms with Crippen LogP contribution in [0.4, 0.5) is 0 Å². The molecule has 0 amide bonds. The fraction of sp³-hybridized carbons (Fsp3) is 0.500. The quantitative estimate of drug-likeness (QED) is 0.700. The van der Waals surface area contributed by atoms with E-state index in [1.165, 1.54) is 0 Å². The van der Waals surface area contributed by atoms with Gasteiger partial charge in [-0.05, 0) is 5.92 Å². The number of nitrogens with two attached hydrogens (primary N) is 1. The van der Waals surface area contributed by atoms with E-state index in [0.717, 1.165) is 10.8 Å². The summed E-state index contributed by atoms with van der Waals surface area (Å²) in [7, 11) is -4.11. The fourth-order valence-electron chi connectivity index (χ4n) is 1.22. The summed E-state index contributed by atoms with van der Waals surface area (Å²) in [5.74, 6) is 0.136. The number of sulfonamides is 1. The summed E-state index contributed by atoms with van der Waals surface area (Å²) >= 11 is 0. The summed E-state index contributed by atoms with van der Waals surface area (Å²) in [5, 5.41) is 4.84. The lowest BCUT2D eigenvalue weighted by Gasteiger charge is -2.08. The van der Waals surface area contributed by atoms with Gasteiger partial charge in [-0.25, -0.2) is 18.4 Å². The van der Waals surface area contributed by atoms with Crippen molar-refractivity contribution < 1.29 is 8.42 Å². The number of nitrogens with one attached hydrogen (secondary N) is 1. The third-order valence-electron chi connectivity index (χ3n) is 1.85. The average Bonchev–Trinajstić information content (AvgIpc) is 2.06. The number of aromatic amines is 1. The molecule has 16 heavy (non-hydrogen) atoms. The summed E-state index contributed by atoms with van der Waals surface area (Å²) in [6.45, 7) is 4.01. The van der Waals surface area contributed by atoms with Gasteiger partial charge in [-0.1, -0.05) is 13.8 Å². The van der Waals surface area contributed by atoms with Crippen LogP contribution in [0.25, 0.3) is 0 Å². The second-order valence-corrected chi connectivity index (χ2v) is 5.37. The van der Waals surface area contributed by atoms with E-state index in [0.29, 0.717) is 6.54 Å². The SMILES string of the molecule is CC(C)Cn1cc(S(N)(=O)=O)c(=O)[nH]c1=O. The van der Waals surface area contributed by atoms with Gasteiger partial charge >= 0.3 is 5.69 Å². The summed E-state index contributed by atoms with van der Waals surface area (Å²) in [4.78, 5) is 23.8. The summed E-state index contributed by atoms with van der Waals surface area (Å²) in [6, 6.07) is 0. The maximum Gasteiger partial charge on any atom is 0.328 e. The van der Waals surface area contributed by atoms with Gasteiger partial charge in [0.15, 0.2) is 4.90 Å². The van der Waals surface area contributed by atoms with Crippen molar-refractivity contribution in [2.24, 2.45) is 11.1 Å². The van der Waals surface area contributed by atoms with Crippen LogP contribution in [0.1, 0.15) is 13.8 Å². The molecule has 1 rings (SSSR count). The Balaban J connectivity index is 3.45. The first-order valence-electron chi connectivity index (χ1n) is 4.58. The van der Waals surface area contributed by atoms with E-state index in [9.17, 15) is 18.0 Å². The Hall–Kier alpha value is -1.41. The van der Waals surface area contributed by atoms with Crippen LogP contribution in [-0.4, -0.2) is 18.0 Å². The molecule has 0 aromatic carbocycles. The van der Waals surface area contributed by atoms with Crippen molar-refractivity contribution in [1.29, 1.82) is 0 Å². The molecule has 1 heterocycles. The maximum atomic E-state index is 11.3. The highest BCUT2D eigenvalue weighted by Crippen LogP contribution is 1.99. The molecule has 8 heteroatoms. The lowest BCUT2D eigenvalue weighted by atomic mass is 10.2. The average molecular weight is 247 g/mol. The molecule has 0 radical (unpaired) electrons. The minimum Gasteiger partial charge on any atom is -0.299 e. The maximum absolute atomic E-state index is 11.3. The van der Waals surface area contributed by atoms with Gasteiger partial charge in [0, 0.05) is 12.7 Å². The van der Waals surface area contributed by atoms with Crippen LogP contribution in [0.3, 0.4) is 0 Å². The van der Waals surface area contributed by atoms with Crippen LogP contribution in [0.15, 0.2) is 20.7 Å². The van der Waals surface area contributed by atoms with Crippen molar-refractivity contribution in [3.63, 3.8) is 0 Å². The zero-order valence-corrected chi connectivity index (χ0v) is 9.74. The highest BCUT2D eigenvalue weighted by atomic mass is 32.2. The lowest BCUT2D eigenvalue weighted by molar-refractivity contribution is 0.495. The molecule has 0 saturated carbocycles. The van der Waals surface area contributed by atoms with Gasteiger partial charge in [-0.2, -0.15) is 0 Å². The van der Waals surface area contributed by atoms with E-state index < -0.39 is 26.2 Å². The molecule has 0 aliphatic carbocycles. The molecule has 0 saturated heterocycles. The smallest absolute Gasteiger partial charge is 0.299 e. The molecule has 0 aliphatic rings. The van der Waals surface area contributed by atoms with E-state index in [1.807, 2.05) is 18.8 Å². The minimum atomic E-state index is -4.11. The Labute approximate surface area is 92.0 Å². The molecule has 1 aromatic rings. The van der Waals surface area contributed by atoms with Gasteiger partial charge in [0.2, 0.25) is 10.0 Å². The van der Waals surface area contributed by atoms with E-state index >= 15 is 0 Å². The van der Waals surface area contributed by atoms with Crippen LogP contribution < -0.4 is 16.4 Å². The van der Waals surface area contributed by atoms with Gasteiger partial charge in [-0.3, -0.25) is 14.3 Å². The highest BCUT2D eigenvalue weighted by Gasteiger charge is 2.15. The van der Waals surface area contributed by atoms with Crippen LogP contribution in [0.5, 0.6) is 0 Å². The molecule has 0 spiro atoms. The zero-order chi connectivity index (χ0) is 12.5. The van der Waals surface area contributed by atoms with Crippen molar-refractivity contribution in [3.8, 4) is 0 Å². The highest BCUT2D eigenvalue weighted by molar-refractivity contribution is 7.89. The Bertz CT molecular complexity index is 596. The van der Waals surface area contributed by atoms with Gasteiger partial charge in [0.05, 0.1) is 0 Å². The fourth-order valence-corrected chi connectivity index (χ4v) is 1.80. The van der Waals surface area contributed by atoms with E-state index in [2.05, 4.69) is 0 Å². The van der Waals surface area contributed by atoms with Crippen molar-refractivity contribution in [3.05, 3.63) is 27.0 Å². The Morgan fingerprint density at radius 2 is 2.00 bits per heavy atom. The Morgan fingerprint density at radius 3 is 2.44 bits per heavy atom. The minimum absolute atomic E-state index is 0.136. The molecule has 0 fully saturated rings. The molecule has 0 atom stereocenters. The monoisotopic (exact) mass is 247 g/mol. The first kappa shape index (κ1) is 12.7.